The fourth-order valence-corrected chi connectivity index (χ4v) is 2.51. The molecule has 3 amide bonds. The first-order chi connectivity index (χ1) is 10.7. The Morgan fingerprint density at radius 3 is 2.39 bits per heavy atom. The number of carbonyl (C=O) groups excluding carboxylic acids is 2. The Hall–Kier alpha value is -1.89. The van der Waals surface area contributed by atoms with Gasteiger partial charge in [-0.25, -0.2) is 13.6 Å². The van der Waals surface area contributed by atoms with E-state index < -0.39 is 12.0 Å². The number of alkyl halides is 2. The van der Waals surface area contributed by atoms with Crippen LogP contribution in [0.1, 0.15) is 23.2 Å². The summed E-state index contributed by atoms with van der Waals surface area (Å²) in [5, 5.41) is 2.82. The number of hydrogen-bond donors (Lipinski definition) is 1. The molecule has 8 heteroatoms. The van der Waals surface area contributed by atoms with Crippen molar-refractivity contribution in [3.05, 3.63) is 28.8 Å². The highest BCUT2D eigenvalue weighted by atomic mass is 35.5. The van der Waals surface area contributed by atoms with E-state index in [0.29, 0.717) is 11.3 Å². The third-order valence-corrected chi connectivity index (χ3v) is 3.95. The number of anilines is 1. The van der Waals surface area contributed by atoms with Gasteiger partial charge in [0.25, 0.3) is 11.8 Å². The molecule has 1 aliphatic rings. The minimum absolute atomic E-state index is 0.00373. The molecule has 0 unspecified atom stereocenters. The van der Waals surface area contributed by atoms with E-state index in [0.717, 1.165) is 0 Å². The fraction of sp³-hybridized carbons (Fsp3) is 0.467. The van der Waals surface area contributed by atoms with Gasteiger partial charge in [-0.2, -0.15) is 0 Å². The zero-order valence-electron chi connectivity index (χ0n) is 12.9. The van der Waals surface area contributed by atoms with Crippen LogP contribution in [0.25, 0.3) is 0 Å². The summed E-state index contributed by atoms with van der Waals surface area (Å²) in [6.45, 7) is 0.00747. The smallest absolute Gasteiger partial charge is 0.321 e. The van der Waals surface area contributed by atoms with E-state index in [1.54, 1.807) is 20.2 Å². The van der Waals surface area contributed by atoms with E-state index in [1.807, 2.05) is 0 Å². The lowest BCUT2D eigenvalue weighted by Gasteiger charge is -2.31. The van der Waals surface area contributed by atoms with Crippen molar-refractivity contribution in [2.75, 3.05) is 32.5 Å². The summed E-state index contributed by atoms with van der Waals surface area (Å²) in [5.41, 5.74) is 0.736. The van der Waals surface area contributed by atoms with Gasteiger partial charge in [-0.1, -0.05) is 11.6 Å². The number of nitrogens with zero attached hydrogens (tertiary/aromatic N) is 2. The zero-order valence-corrected chi connectivity index (χ0v) is 13.7. The summed E-state index contributed by atoms with van der Waals surface area (Å²) in [4.78, 5) is 26.7. The van der Waals surface area contributed by atoms with Crippen LogP contribution in [-0.2, 0) is 0 Å². The third-order valence-electron chi connectivity index (χ3n) is 3.64. The van der Waals surface area contributed by atoms with Gasteiger partial charge in [0.2, 0.25) is 0 Å². The molecule has 0 spiro atoms. The second kappa shape index (κ2) is 6.70. The molecule has 1 aromatic carbocycles. The van der Waals surface area contributed by atoms with Gasteiger partial charge < -0.3 is 15.1 Å². The number of carbonyl (C=O) groups is 2. The Morgan fingerprint density at radius 1 is 1.26 bits per heavy atom. The largest absolute Gasteiger partial charge is 0.345 e. The van der Waals surface area contributed by atoms with Crippen LogP contribution in [0.5, 0.6) is 0 Å². The molecule has 1 fully saturated rings. The molecule has 1 N–H and O–H groups in total. The molecule has 5 nitrogen and oxygen atoms in total. The average molecular weight is 346 g/mol. The van der Waals surface area contributed by atoms with Crippen molar-refractivity contribution < 1.29 is 18.4 Å². The second-order valence-corrected chi connectivity index (χ2v) is 6.07. The number of hydrogen-bond acceptors (Lipinski definition) is 2. The molecule has 1 aliphatic heterocycles. The topological polar surface area (TPSA) is 52.7 Å². The maximum Gasteiger partial charge on any atom is 0.321 e. The molecule has 0 bridgehead atoms. The minimum Gasteiger partial charge on any atom is -0.345 e. The Balaban J connectivity index is 2.02. The highest BCUT2D eigenvalue weighted by molar-refractivity contribution is 6.34. The highest BCUT2D eigenvalue weighted by Gasteiger charge is 2.35. The number of amides is 3. The minimum atomic E-state index is -2.70. The van der Waals surface area contributed by atoms with Gasteiger partial charge in [-0.05, 0) is 18.2 Å². The van der Waals surface area contributed by atoms with Crippen LogP contribution >= 0.6 is 11.6 Å². The van der Waals surface area contributed by atoms with Gasteiger partial charge in [-0.15, -0.1) is 0 Å². The van der Waals surface area contributed by atoms with Crippen molar-refractivity contribution in [3.63, 3.8) is 0 Å². The van der Waals surface area contributed by atoms with Gasteiger partial charge in [-0.3, -0.25) is 4.79 Å². The van der Waals surface area contributed by atoms with Gasteiger partial charge in [0.1, 0.15) is 0 Å². The molecule has 1 aromatic rings. The molecule has 23 heavy (non-hydrogen) atoms. The lowest BCUT2D eigenvalue weighted by atomic mass is 10.1. The molecule has 1 heterocycles. The van der Waals surface area contributed by atoms with Crippen LogP contribution in [0.2, 0.25) is 5.02 Å². The van der Waals surface area contributed by atoms with Gasteiger partial charge >= 0.3 is 6.03 Å². The van der Waals surface area contributed by atoms with Crippen LogP contribution in [-0.4, -0.2) is 54.8 Å². The summed E-state index contributed by atoms with van der Waals surface area (Å²) >= 11 is 6.06. The predicted molar refractivity (Wildman–Crippen MR) is 84.2 cm³/mol. The number of rotatable bonds is 2. The van der Waals surface area contributed by atoms with Crippen LogP contribution in [0.15, 0.2) is 18.2 Å². The lowest BCUT2D eigenvalue weighted by molar-refractivity contribution is -0.0461. The van der Waals surface area contributed by atoms with Crippen molar-refractivity contribution in [1.82, 2.24) is 9.80 Å². The van der Waals surface area contributed by atoms with E-state index in [2.05, 4.69) is 5.32 Å². The van der Waals surface area contributed by atoms with Crippen molar-refractivity contribution in [1.29, 1.82) is 0 Å². The van der Waals surface area contributed by atoms with Gasteiger partial charge in [0.15, 0.2) is 0 Å². The molecular formula is C15H18ClF2N3O2. The Bertz CT molecular complexity index is 613. The highest BCUT2D eigenvalue weighted by Crippen LogP contribution is 2.28. The molecule has 0 radical (unpaired) electrons. The summed E-state index contributed by atoms with van der Waals surface area (Å²) in [6, 6.07) is 4.08. The van der Waals surface area contributed by atoms with Crippen molar-refractivity contribution in [2.24, 2.45) is 0 Å². The fourth-order valence-electron chi connectivity index (χ4n) is 2.25. The summed E-state index contributed by atoms with van der Waals surface area (Å²) in [5.74, 6) is -2.94. The molecule has 0 aromatic heterocycles. The molecule has 0 saturated carbocycles. The Kier molecular flexibility index (Phi) is 5.09. The molecule has 126 valence electrons. The standard InChI is InChI=1S/C15H18ClF2N3O2/c1-20(2)13(22)11-4-3-10(9-12(11)16)19-14(23)21-7-5-15(17,18)6-8-21/h3-4,9H,5-8H2,1-2H3,(H,19,23). The predicted octanol–water partition coefficient (Wildman–Crippen LogP) is 3.30. The molecule has 2 rings (SSSR count). The first-order valence-corrected chi connectivity index (χ1v) is 7.52. The number of benzene rings is 1. The van der Waals surface area contributed by atoms with E-state index in [-0.39, 0.29) is 36.9 Å². The molecule has 0 aliphatic carbocycles. The quantitative estimate of drug-likeness (QED) is 0.894. The normalized spacial score (nSPS) is 16.8. The second-order valence-electron chi connectivity index (χ2n) is 5.67. The lowest BCUT2D eigenvalue weighted by Crippen LogP contribution is -2.44. The third kappa shape index (κ3) is 4.31. The number of piperidine rings is 1. The molecule has 1 saturated heterocycles. The van der Waals surface area contributed by atoms with Crippen LogP contribution in [0.4, 0.5) is 19.3 Å². The van der Waals surface area contributed by atoms with Crippen molar-refractivity contribution in [2.45, 2.75) is 18.8 Å². The maximum atomic E-state index is 13.1. The monoisotopic (exact) mass is 345 g/mol. The number of likely N-dealkylation sites (tertiary alicyclic amines) is 1. The van der Waals surface area contributed by atoms with Crippen LogP contribution in [0, 0.1) is 0 Å². The van der Waals surface area contributed by atoms with E-state index in [4.69, 9.17) is 11.6 Å². The van der Waals surface area contributed by atoms with Gasteiger partial charge in [0, 0.05) is 45.7 Å². The molecule has 0 atom stereocenters. The van der Waals surface area contributed by atoms with E-state index >= 15 is 0 Å². The molecular weight excluding hydrogens is 328 g/mol. The van der Waals surface area contributed by atoms with Crippen molar-refractivity contribution in [3.8, 4) is 0 Å². The summed E-state index contributed by atoms with van der Waals surface area (Å²) in [6.07, 6.45) is -0.672. The summed E-state index contributed by atoms with van der Waals surface area (Å²) in [7, 11) is 3.22. The first kappa shape index (κ1) is 17.5. The first-order valence-electron chi connectivity index (χ1n) is 7.14. The van der Waals surface area contributed by atoms with E-state index in [9.17, 15) is 18.4 Å². The Morgan fingerprint density at radius 2 is 1.87 bits per heavy atom. The SMILES string of the molecule is CN(C)C(=O)c1ccc(NC(=O)N2CCC(F)(F)CC2)cc1Cl. The van der Waals surface area contributed by atoms with E-state index in [1.165, 1.54) is 21.9 Å². The van der Waals surface area contributed by atoms with Crippen molar-refractivity contribution >= 4 is 29.2 Å². The van der Waals surface area contributed by atoms with Gasteiger partial charge in [0.05, 0.1) is 10.6 Å². The Labute approximate surface area is 138 Å². The summed E-state index contributed by atoms with van der Waals surface area (Å²) < 4.78 is 26.2. The maximum absolute atomic E-state index is 13.1. The van der Waals surface area contributed by atoms with Crippen LogP contribution in [0.3, 0.4) is 0 Å². The zero-order chi connectivity index (χ0) is 17.2. The van der Waals surface area contributed by atoms with Crippen LogP contribution < -0.4 is 5.32 Å². The average Bonchev–Trinajstić information content (AvgIpc) is 2.46. The number of urea groups is 1. The number of nitrogens with one attached hydrogen (secondary N) is 1. The number of halogens is 3.